The highest BCUT2D eigenvalue weighted by Gasteiger charge is 2.31. The molecule has 0 fully saturated rings. The van der Waals surface area contributed by atoms with Crippen molar-refractivity contribution in [2.45, 2.75) is 6.30 Å². The number of hydrogen-bond donors (Lipinski definition) is 1. The summed E-state index contributed by atoms with van der Waals surface area (Å²) in [5.74, 6) is 0. The molecule has 1 rings (SSSR count). The van der Waals surface area contributed by atoms with Gasteiger partial charge in [-0.1, -0.05) is 0 Å². The van der Waals surface area contributed by atoms with Gasteiger partial charge in [0, 0.05) is 0 Å². The average molecular weight is 151 g/mol. The molecule has 0 bridgehead atoms. The van der Waals surface area contributed by atoms with Gasteiger partial charge >= 0.3 is 6.30 Å². The van der Waals surface area contributed by atoms with E-state index in [1.807, 2.05) is 0 Å². The summed E-state index contributed by atoms with van der Waals surface area (Å²) in [6, 6.07) is 0. The lowest BCUT2D eigenvalue weighted by Gasteiger charge is -2.03. The first-order valence-electron chi connectivity index (χ1n) is 2.37. The van der Waals surface area contributed by atoms with Gasteiger partial charge in [0.25, 0.3) is 0 Å². The van der Waals surface area contributed by atoms with Crippen molar-refractivity contribution in [2.24, 2.45) is 0 Å². The van der Waals surface area contributed by atoms with Crippen molar-refractivity contribution >= 4 is 5.69 Å². The van der Waals surface area contributed by atoms with E-state index in [-0.39, 0.29) is 10.4 Å². The maximum Gasteiger partial charge on any atom is 0.504 e. The fraction of sp³-hybridized carbons (Fsp3) is 0.250. The molecule has 1 aromatic rings. The van der Waals surface area contributed by atoms with Crippen LogP contribution >= 0.6 is 0 Å². The molecule has 0 saturated heterocycles. The fourth-order valence-corrected chi connectivity index (χ4v) is 0.475. The third-order valence-electron chi connectivity index (χ3n) is 0.862. The maximum absolute atomic E-state index is 11.6. The second-order valence-corrected chi connectivity index (χ2v) is 1.69. The van der Waals surface area contributed by atoms with E-state index >= 15 is 0 Å². The minimum Gasteiger partial charge on any atom is -0.396 e. The van der Waals surface area contributed by atoms with Crippen molar-refractivity contribution in [2.75, 3.05) is 5.73 Å². The Kier molecular flexibility index (Phi) is 1.31. The van der Waals surface area contributed by atoms with Gasteiger partial charge in [-0.15, -0.1) is 13.2 Å². The Morgan fingerprint density at radius 3 is 2.30 bits per heavy atom. The summed E-state index contributed by atoms with van der Waals surface area (Å²) in [5, 5.41) is 2.95. The first kappa shape index (κ1) is 6.91. The topological polar surface area (TPSA) is 43.8 Å². The molecule has 0 radical (unpaired) electrons. The van der Waals surface area contributed by atoms with Gasteiger partial charge in [-0.3, -0.25) is 0 Å². The molecule has 0 amide bonds. The summed E-state index contributed by atoms with van der Waals surface area (Å²) in [4.78, 5) is 0. The van der Waals surface area contributed by atoms with E-state index in [0.29, 0.717) is 6.20 Å². The molecule has 2 N–H and O–H groups in total. The lowest BCUT2D eigenvalue weighted by Crippen LogP contribution is -2.16. The van der Waals surface area contributed by atoms with Gasteiger partial charge in [-0.25, -0.2) is 0 Å². The molecular weight excluding hydrogens is 147 g/mol. The van der Waals surface area contributed by atoms with Crippen molar-refractivity contribution in [3.63, 3.8) is 0 Å². The third-order valence-corrected chi connectivity index (χ3v) is 0.862. The number of anilines is 1. The van der Waals surface area contributed by atoms with E-state index in [1.54, 1.807) is 0 Å². The van der Waals surface area contributed by atoms with Gasteiger partial charge in [-0.05, 0) is 0 Å². The number of nitrogens with two attached hydrogens (primary N) is 1. The monoisotopic (exact) mass is 151 g/mol. The molecule has 0 aliphatic carbocycles. The Hall–Kier alpha value is -1.20. The van der Waals surface area contributed by atoms with Crippen LogP contribution in [0, 0.1) is 0 Å². The highest BCUT2D eigenvalue weighted by molar-refractivity contribution is 5.30. The molecule has 0 unspecified atom stereocenters. The Morgan fingerprint density at radius 1 is 1.50 bits per heavy atom. The van der Waals surface area contributed by atoms with Crippen molar-refractivity contribution in [3.8, 4) is 0 Å². The predicted molar refractivity (Wildman–Crippen MR) is 27.9 cm³/mol. The van der Waals surface area contributed by atoms with Crippen LogP contribution in [0.4, 0.5) is 18.9 Å². The van der Waals surface area contributed by atoms with E-state index in [9.17, 15) is 13.2 Å². The molecule has 1 heterocycles. The summed E-state index contributed by atoms with van der Waals surface area (Å²) in [6.07, 6.45) is -2.81. The molecule has 0 aliphatic heterocycles. The summed E-state index contributed by atoms with van der Waals surface area (Å²) >= 11 is 0. The van der Waals surface area contributed by atoms with Gasteiger partial charge in [0.15, 0.2) is 0 Å². The van der Waals surface area contributed by atoms with E-state index in [1.165, 1.54) is 0 Å². The largest absolute Gasteiger partial charge is 0.504 e. The lowest BCUT2D eigenvalue weighted by molar-refractivity contribution is -0.212. The van der Waals surface area contributed by atoms with Crippen molar-refractivity contribution in [1.29, 1.82) is 0 Å². The Bertz CT molecular complexity index is 226. The zero-order valence-electron chi connectivity index (χ0n) is 4.76. The van der Waals surface area contributed by atoms with Crippen molar-refractivity contribution in [1.82, 2.24) is 9.78 Å². The van der Waals surface area contributed by atoms with Gasteiger partial charge < -0.3 is 5.73 Å². The summed E-state index contributed by atoms with van der Waals surface area (Å²) in [6.45, 7) is 0. The van der Waals surface area contributed by atoms with Crippen LogP contribution < -0.4 is 5.73 Å². The molecule has 56 valence electrons. The quantitative estimate of drug-likeness (QED) is 0.599. The number of aromatic nitrogens is 2. The van der Waals surface area contributed by atoms with Gasteiger partial charge in [0.05, 0.1) is 18.1 Å². The highest BCUT2D eigenvalue weighted by atomic mass is 19.4. The molecular formula is C4H4F3N3. The van der Waals surface area contributed by atoms with Crippen LogP contribution in [0.5, 0.6) is 0 Å². The van der Waals surface area contributed by atoms with Crippen LogP contribution in [-0.4, -0.2) is 9.78 Å². The number of hydrogen-bond acceptors (Lipinski definition) is 2. The minimum atomic E-state index is -4.46. The summed E-state index contributed by atoms with van der Waals surface area (Å²) < 4.78 is 34.8. The van der Waals surface area contributed by atoms with Crippen molar-refractivity contribution in [3.05, 3.63) is 12.4 Å². The zero-order valence-corrected chi connectivity index (χ0v) is 4.76. The Balaban J connectivity index is 2.96. The molecule has 0 aliphatic rings. The number of nitrogens with zero attached hydrogens (tertiary/aromatic N) is 2. The van der Waals surface area contributed by atoms with E-state index < -0.39 is 6.30 Å². The Labute approximate surface area is 54.2 Å². The number of alkyl halides is 3. The van der Waals surface area contributed by atoms with Crippen LogP contribution in [0.1, 0.15) is 0 Å². The molecule has 1 aromatic heterocycles. The van der Waals surface area contributed by atoms with Crippen LogP contribution in [0.15, 0.2) is 12.4 Å². The normalized spacial score (nSPS) is 11.9. The lowest BCUT2D eigenvalue weighted by atomic mass is 10.6. The van der Waals surface area contributed by atoms with Crippen LogP contribution in [-0.2, 0) is 6.30 Å². The van der Waals surface area contributed by atoms with Crippen molar-refractivity contribution < 1.29 is 13.2 Å². The number of nitrogen functional groups attached to an aromatic ring is 1. The van der Waals surface area contributed by atoms with Gasteiger partial charge in [-0.2, -0.15) is 9.78 Å². The summed E-state index contributed by atoms with van der Waals surface area (Å²) in [5.41, 5.74) is 4.99. The number of rotatable bonds is 0. The Morgan fingerprint density at radius 2 is 2.10 bits per heavy atom. The van der Waals surface area contributed by atoms with Crippen LogP contribution in [0.25, 0.3) is 0 Å². The molecule has 6 heteroatoms. The molecule has 10 heavy (non-hydrogen) atoms. The minimum absolute atomic E-state index is 0.00248. The van der Waals surface area contributed by atoms with E-state index in [0.717, 1.165) is 6.20 Å². The molecule has 3 nitrogen and oxygen atoms in total. The molecule has 0 saturated carbocycles. The maximum atomic E-state index is 11.6. The molecule has 0 spiro atoms. The molecule has 0 atom stereocenters. The third kappa shape index (κ3) is 1.20. The van der Waals surface area contributed by atoms with Crippen LogP contribution in [0.2, 0.25) is 0 Å². The van der Waals surface area contributed by atoms with Gasteiger partial charge in [0.2, 0.25) is 0 Å². The summed E-state index contributed by atoms with van der Waals surface area (Å²) in [7, 11) is 0. The zero-order chi connectivity index (χ0) is 7.78. The number of halogens is 3. The average Bonchev–Trinajstić information content (AvgIpc) is 2.11. The fourth-order valence-electron chi connectivity index (χ4n) is 0.475. The van der Waals surface area contributed by atoms with E-state index in [2.05, 4.69) is 5.10 Å². The van der Waals surface area contributed by atoms with Gasteiger partial charge in [0.1, 0.15) is 0 Å². The second kappa shape index (κ2) is 1.89. The smallest absolute Gasteiger partial charge is 0.396 e. The highest BCUT2D eigenvalue weighted by Crippen LogP contribution is 2.21. The first-order chi connectivity index (χ1) is 4.50. The van der Waals surface area contributed by atoms with Crippen LogP contribution in [0.3, 0.4) is 0 Å². The predicted octanol–water partition coefficient (Wildman–Crippen LogP) is 0.942. The second-order valence-electron chi connectivity index (χ2n) is 1.69. The first-order valence-corrected chi connectivity index (χ1v) is 2.37. The SMILES string of the molecule is Nc1cnn(C(F)(F)F)c1. The standard InChI is InChI=1S/C4H4F3N3/c5-4(6,7)10-2-3(8)1-9-10/h1-2H,8H2. The molecule has 0 aromatic carbocycles. The van der Waals surface area contributed by atoms with E-state index in [4.69, 9.17) is 5.73 Å².